The largest absolute Gasteiger partial charge is 0.497 e. The Bertz CT molecular complexity index is 828. The predicted octanol–water partition coefficient (Wildman–Crippen LogP) is 4.75. The fraction of sp³-hybridized carbons (Fsp3) is 0.227. The van der Waals surface area contributed by atoms with E-state index in [9.17, 15) is 0 Å². The summed E-state index contributed by atoms with van der Waals surface area (Å²) in [6, 6.07) is 20.7. The van der Waals surface area contributed by atoms with E-state index in [0.717, 1.165) is 35.7 Å². The number of methoxy groups -OCH3 is 2. The second-order valence-corrected chi connectivity index (χ2v) is 6.11. The van der Waals surface area contributed by atoms with Crippen molar-refractivity contribution in [2.24, 2.45) is 0 Å². The molecule has 3 rings (SSSR count). The molecule has 0 unspecified atom stereocenters. The maximum Gasteiger partial charge on any atom is 0.118 e. The molecule has 0 amide bonds. The second-order valence-electron chi connectivity index (χ2n) is 6.11. The van der Waals surface area contributed by atoms with E-state index in [2.05, 4.69) is 36.4 Å². The number of pyridine rings is 1. The smallest absolute Gasteiger partial charge is 0.118 e. The third-order valence-corrected chi connectivity index (χ3v) is 4.29. The van der Waals surface area contributed by atoms with E-state index in [1.807, 2.05) is 31.2 Å². The van der Waals surface area contributed by atoms with Gasteiger partial charge in [-0.2, -0.15) is 0 Å². The highest BCUT2D eigenvalue weighted by Gasteiger charge is 2.08. The molecule has 1 aromatic heterocycles. The molecule has 3 aromatic rings. The van der Waals surface area contributed by atoms with Crippen LogP contribution >= 0.6 is 0 Å². The van der Waals surface area contributed by atoms with Crippen LogP contribution in [-0.2, 0) is 12.8 Å². The Balaban J connectivity index is 0.00000243. The zero-order chi connectivity index (χ0) is 17.6. The maximum absolute atomic E-state index is 5.23. The van der Waals surface area contributed by atoms with Gasteiger partial charge >= 0.3 is 0 Å². The molecule has 0 bridgehead atoms. The molecule has 0 aliphatic heterocycles. The topological polar surface area (TPSA) is 66.3 Å². The van der Waals surface area contributed by atoms with Gasteiger partial charge in [0.1, 0.15) is 11.5 Å². The van der Waals surface area contributed by atoms with E-state index in [1.165, 1.54) is 16.7 Å². The minimum Gasteiger partial charge on any atom is -0.497 e. The number of rotatable bonds is 6. The number of hydrogen-bond acceptors (Lipinski definition) is 4. The molecular formula is C22H26N2O2. The van der Waals surface area contributed by atoms with Crippen LogP contribution in [0, 0.1) is 6.92 Å². The monoisotopic (exact) mass is 350 g/mol. The van der Waals surface area contributed by atoms with Crippen molar-refractivity contribution in [2.45, 2.75) is 19.8 Å². The van der Waals surface area contributed by atoms with Gasteiger partial charge in [0.15, 0.2) is 0 Å². The number of benzene rings is 2. The van der Waals surface area contributed by atoms with Crippen LogP contribution < -0.4 is 15.6 Å². The molecule has 4 heteroatoms. The molecule has 136 valence electrons. The molecule has 4 nitrogen and oxygen atoms in total. The predicted molar refractivity (Wildman–Crippen MR) is 106 cm³/mol. The standard InChI is InChI=1S/C22H23NO2.H3N/c1-16-4-9-19(14-17-5-10-20(24-2)11-6-17)22(23-16)15-18-7-12-21(25-3)13-8-18;/h4-13H,14-15H2,1-3H3;1H3. The molecule has 1 heterocycles. The zero-order valence-corrected chi connectivity index (χ0v) is 15.7. The van der Waals surface area contributed by atoms with Gasteiger partial charge in [0.25, 0.3) is 0 Å². The van der Waals surface area contributed by atoms with Gasteiger partial charge in [0.05, 0.1) is 14.2 Å². The van der Waals surface area contributed by atoms with Crippen LogP contribution in [0.25, 0.3) is 0 Å². The molecule has 3 N–H and O–H groups in total. The van der Waals surface area contributed by atoms with Crippen molar-refractivity contribution in [2.75, 3.05) is 14.2 Å². The summed E-state index contributed by atoms with van der Waals surface area (Å²) >= 11 is 0. The second kappa shape index (κ2) is 9.02. The van der Waals surface area contributed by atoms with Crippen molar-refractivity contribution in [3.05, 3.63) is 88.7 Å². The van der Waals surface area contributed by atoms with Crippen LogP contribution in [0.5, 0.6) is 11.5 Å². The van der Waals surface area contributed by atoms with Crippen LogP contribution in [0.1, 0.15) is 28.1 Å². The van der Waals surface area contributed by atoms with Crippen LogP contribution in [0.3, 0.4) is 0 Å². The highest BCUT2D eigenvalue weighted by atomic mass is 16.5. The Morgan fingerprint density at radius 2 is 1.19 bits per heavy atom. The van der Waals surface area contributed by atoms with Gasteiger partial charge in [0, 0.05) is 17.8 Å². The number of aromatic nitrogens is 1. The molecule has 0 radical (unpaired) electrons. The van der Waals surface area contributed by atoms with Crippen molar-refractivity contribution in [3.63, 3.8) is 0 Å². The van der Waals surface area contributed by atoms with Crippen molar-refractivity contribution in [3.8, 4) is 11.5 Å². The van der Waals surface area contributed by atoms with E-state index in [-0.39, 0.29) is 6.15 Å². The fourth-order valence-electron chi connectivity index (χ4n) is 2.85. The Hall–Kier alpha value is -2.85. The summed E-state index contributed by atoms with van der Waals surface area (Å²) in [6.45, 7) is 2.04. The van der Waals surface area contributed by atoms with E-state index >= 15 is 0 Å². The third-order valence-electron chi connectivity index (χ3n) is 4.29. The molecule has 0 fully saturated rings. The first kappa shape index (κ1) is 19.5. The number of ether oxygens (including phenoxy) is 2. The molecule has 26 heavy (non-hydrogen) atoms. The Kier molecular flexibility index (Phi) is 6.75. The van der Waals surface area contributed by atoms with Crippen LogP contribution in [0.15, 0.2) is 60.7 Å². The molecule has 0 aliphatic rings. The number of aryl methyl sites for hydroxylation is 1. The van der Waals surface area contributed by atoms with Crippen molar-refractivity contribution < 1.29 is 9.47 Å². The van der Waals surface area contributed by atoms with Gasteiger partial charge < -0.3 is 15.6 Å². The van der Waals surface area contributed by atoms with E-state index in [0.29, 0.717) is 0 Å². The van der Waals surface area contributed by atoms with E-state index in [1.54, 1.807) is 14.2 Å². The lowest BCUT2D eigenvalue weighted by Crippen LogP contribution is -2.02. The number of nitrogens with zero attached hydrogens (tertiary/aromatic N) is 1. The average molecular weight is 350 g/mol. The quantitative estimate of drug-likeness (QED) is 0.696. The maximum atomic E-state index is 5.23. The Morgan fingerprint density at radius 3 is 1.69 bits per heavy atom. The van der Waals surface area contributed by atoms with Gasteiger partial charge in [-0.05, 0) is 60.4 Å². The third kappa shape index (κ3) is 4.83. The lowest BCUT2D eigenvalue weighted by molar-refractivity contribution is 0.414. The van der Waals surface area contributed by atoms with Crippen molar-refractivity contribution in [1.29, 1.82) is 0 Å². The van der Waals surface area contributed by atoms with Gasteiger partial charge in [0.2, 0.25) is 0 Å². The summed E-state index contributed by atoms with van der Waals surface area (Å²) in [7, 11) is 3.37. The van der Waals surface area contributed by atoms with Crippen LogP contribution in [0.2, 0.25) is 0 Å². The Labute approximate surface area is 155 Å². The van der Waals surface area contributed by atoms with Crippen LogP contribution in [-0.4, -0.2) is 19.2 Å². The molecule has 2 aromatic carbocycles. The SMILES string of the molecule is COc1ccc(Cc2ccc(C)nc2Cc2ccc(OC)cc2)cc1.N. The first-order chi connectivity index (χ1) is 12.2. The van der Waals surface area contributed by atoms with Crippen molar-refractivity contribution >= 4 is 0 Å². The van der Waals surface area contributed by atoms with E-state index < -0.39 is 0 Å². The summed E-state index contributed by atoms with van der Waals surface area (Å²) in [4.78, 5) is 4.78. The summed E-state index contributed by atoms with van der Waals surface area (Å²) in [5, 5.41) is 0. The highest BCUT2D eigenvalue weighted by molar-refractivity contribution is 5.36. The summed E-state index contributed by atoms with van der Waals surface area (Å²) < 4.78 is 10.5. The lowest BCUT2D eigenvalue weighted by atomic mass is 9.99. The van der Waals surface area contributed by atoms with Crippen LogP contribution in [0.4, 0.5) is 0 Å². The van der Waals surface area contributed by atoms with Gasteiger partial charge in [-0.3, -0.25) is 4.98 Å². The minimum absolute atomic E-state index is 0. The lowest BCUT2D eigenvalue weighted by Gasteiger charge is -2.11. The molecule has 0 saturated heterocycles. The molecule has 0 atom stereocenters. The van der Waals surface area contributed by atoms with Gasteiger partial charge in [-0.15, -0.1) is 0 Å². The summed E-state index contributed by atoms with van der Waals surface area (Å²) in [5.41, 5.74) is 5.91. The van der Waals surface area contributed by atoms with Gasteiger partial charge in [-0.1, -0.05) is 30.3 Å². The molecular weight excluding hydrogens is 324 g/mol. The minimum atomic E-state index is 0. The first-order valence-corrected chi connectivity index (χ1v) is 8.39. The molecule has 0 saturated carbocycles. The summed E-state index contributed by atoms with van der Waals surface area (Å²) in [6.07, 6.45) is 1.68. The summed E-state index contributed by atoms with van der Waals surface area (Å²) in [5.74, 6) is 1.75. The molecule has 0 spiro atoms. The van der Waals surface area contributed by atoms with Gasteiger partial charge in [-0.25, -0.2) is 0 Å². The highest BCUT2D eigenvalue weighted by Crippen LogP contribution is 2.20. The average Bonchev–Trinajstić information content (AvgIpc) is 2.65. The molecule has 0 aliphatic carbocycles. The van der Waals surface area contributed by atoms with E-state index in [4.69, 9.17) is 14.5 Å². The Morgan fingerprint density at radius 1 is 0.692 bits per heavy atom. The first-order valence-electron chi connectivity index (χ1n) is 8.39. The normalized spacial score (nSPS) is 10.1. The van der Waals surface area contributed by atoms with Crippen molar-refractivity contribution in [1.82, 2.24) is 11.1 Å². The zero-order valence-electron chi connectivity index (χ0n) is 15.7. The fourth-order valence-corrected chi connectivity index (χ4v) is 2.85. The number of hydrogen-bond donors (Lipinski definition) is 1.